The van der Waals surface area contributed by atoms with Crippen LogP contribution in [0, 0.1) is 0 Å². The molecule has 0 bridgehead atoms. The molecule has 1 rings (SSSR count). The fourth-order valence-corrected chi connectivity index (χ4v) is 0.519. The number of halogens is 5. The van der Waals surface area contributed by atoms with E-state index in [0.29, 0.717) is 6.54 Å². The van der Waals surface area contributed by atoms with E-state index in [0.717, 1.165) is 5.69 Å². The van der Waals surface area contributed by atoms with Gasteiger partial charge in [0.05, 0.1) is 5.69 Å². The molecule has 0 aliphatic rings. The van der Waals surface area contributed by atoms with E-state index in [9.17, 15) is 0 Å². The summed E-state index contributed by atoms with van der Waals surface area (Å²) in [4.78, 5) is 3.97. The molecular formula is C6H17Br5N2O2. The quantitative estimate of drug-likeness (QED) is 0.578. The zero-order valence-electron chi connectivity index (χ0n) is 7.58. The van der Waals surface area contributed by atoms with Crippen LogP contribution < -0.4 is 5.73 Å². The van der Waals surface area contributed by atoms with Crippen LogP contribution in [0.3, 0.4) is 0 Å². The molecule has 0 radical (unpaired) electrons. The lowest BCUT2D eigenvalue weighted by Gasteiger charge is -1.89. The number of aromatic nitrogens is 1. The van der Waals surface area contributed by atoms with E-state index in [-0.39, 0.29) is 95.9 Å². The molecule has 15 heavy (non-hydrogen) atoms. The third kappa shape index (κ3) is 21.3. The van der Waals surface area contributed by atoms with Crippen LogP contribution in [0.2, 0.25) is 0 Å². The van der Waals surface area contributed by atoms with Gasteiger partial charge in [-0.1, -0.05) is 6.07 Å². The largest absolute Gasteiger partial charge is 0.412 e. The Morgan fingerprint density at radius 2 is 1.40 bits per heavy atom. The van der Waals surface area contributed by atoms with Gasteiger partial charge in [0.2, 0.25) is 0 Å². The maximum absolute atomic E-state index is 5.29. The Balaban J connectivity index is -0.0000000183. The summed E-state index contributed by atoms with van der Waals surface area (Å²) in [5.41, 5.74) is 6.22. The van der Waals surface area contributed by atoms with E-state index in [1.165, 1.54) is 0 Å². The Kier molecular flexibility index (Phi) is 86.6. The molecule has 4 nitrogen and oxygen atoms in total. The summed E-state index contributed by atoms with van der Waals surface area (Å²) in [7, 11) is 0. The Morgan fingerprint density at radius 1 is 0.933 bits per heavy atom. The fraction of sp³-hybridized carbons (Fsp3) is 0.167. The van der Waals surface area contributed by atoms with Gasteiger partial charge in [-0.2, -0.15) is 0 Å². The summed E-state index contributed by atoms with van der Waals surface area (Å²) in [6.07, 6.45) is 1.74. The first-order valence-corrected chi connectivity index (χ1v) is 2.53. The number of hydrogen-bond donors (Lipinski definition) is 1. The van der Waals surface area contributed by atoms with Crippen LogP contribution in [0.5, 0.6) is 0 Å². The molecule has 0 saturated carbocycles. The minimum atomic E-state index is 0. The molecule has 0 unspecified atom stereocenters. The van der Waals surface area contributed by atoms with Crippen molar-refractivity contribution in [3.63, 3.8) is 0 Å². The van der Waals surface area contributed by atoms with Crippen molar-refractivity contribution in [1.29, 1.82) is 0 Å². The predicted molar refractivity (Wildman–Crippen MR) is 91.0 cm³/mol. The number of rotatable bonds is 1. The fourth-order valence-electron chi connectivity index (χ4n) is 0.519. The van der Waals surface area contributed by atoms with Crippen molar-refractivity contribution >= 4 is 84.9 Å². The van der Waals surface area contributed by atoms with Gasteiger partial charge in [0.25, 0.3) is 0 Å². The summed E-state index contributed by atoms with van der Waals surface area (Å²) >= 11 is 0. The lowest BCUT2D eigenvalue weighted by Crippen LogP contribution is -1.97. The van der Waals surface area contributed by atoms with E-state index in [2.05, 4.69) is 4.98 Å². The molecule has 0 aromatic carbocycles. The highest BCUT2D eigenvalue weighted by Gasteiger charge is 1.81. The van der Waals surface area contributed by atoms with Gasteiger partial charge in [-0.05, 0) is 12.1 Å². The number of pyridine rings is 1. The standard InChI is InChI=1S/C6H8N2.5BrH.2H2O/c7-5-6-3-1-2-4-8-6;;;;;;;/h1-4H,5,7H2;5*1H;2*1H2. The van der Waals surface area contributed by atoms with Gasteiger partial charge in [0.15, 0.2) is 0 Å². The Morgan fingerprint density at radius 3 is 1.60 bits per heavy atom. The molecule has 98 valence electrons. The molecule has 1 heterocycles. The second-order valence-corrected chi connectivity index (χ2v) is 1.53. The van der Waals surface area contributed by atoms with Gasteiger partial charge in [0, 0.05) is 12.7 Å². The van der Waals surface area contributed by atoms with Gasteiger partial charge in [0.1, 0.15) is 0 Å². The van der Waals surface area contributed by atoms with Crippen LogP contribution in [0.1, 0.15) is 5.69 Å². The second kappa shape index (κ2) is 29.5. The van der Waals surface area contributed by atoms with Crippen molar-refractivity contribution in [2.45, 2.75) is 6.54 Å². The van der Waals surface area contributed by atoms with E-state index in [1.807, 2.05) is 18.2 Å². The molecule has 0 atom stereocenters. The highest BCUT2D eigenvalue weighted by Crippen LogP contribution is 1.88. The van der Waals surface area contributed by atoms with Gasteiger partial charge in [-0.15, -0.1) is 84.9 Å². The van der Waals surface area contributed by atoms with E-state index in [4.69, 9.17) is 5.73 Å². The average Bonchev–Trinajstić information content (AvgIpc) is 1.90. The van der Waals surface area contributed by atoms with Crippen LogP contribution in [0.15, 0.2) is 24.4 Å². The number of hydrogen-bond acceptors (Lipinski definition) is 2. The van der Waals surface area contributed by atoms with Crippen molar-refractivity contribution in [1.82, 2.24) is 4.98 Å². The first-order valence-electron chi connectivity index (χ1n) is 2.53. The highest BCUT2D eigenvalue weighted by molar-refractivity contribution is 8.93. The van der Waals surface area contributed by atoms with Crippen molar-refractivity contribution in [3.8, 4) is 0 Å². The summed E-state index contributed by atoms with van der Waals surface area (Å²) in [5.74, 6) is 0. The summed E-state index contributed by atoms with van der Waals surface area (Å²) in [6, 6.07) is 5.70. The molecule has 1 aromatic heterocycles. The Hall–Kier alpha value is 1.43. The number of nitrogens with zero attached hydrogens (tertiary/aromatic N) is 1. The molecule has 0 spiro atoms. The molecule has 0 aliphatic carbocycles. The number of nitrogens with two attached hydrogens (primary N) is 1. The van der Waals surface area contributed by atoms with Gasteiger partial charge >= 0.3 is 0 Å². The molecular weight excluding hydrogens is 532 g/mol. The third-order valence-electron chi connectivity index (χ3n) is 0.935. The Labute approximate surface area is 142 Å². The minimum absolute atomic E-state index is 0. The molecule has 9 heteroatoms. The first kappa shape index (κ1) is 44.0. The molecule has 0 amide bonds. The highest BCUT2D eigenvalue weighted by atomic mass is 79.9. The molecule has 1 aromatic rings. The van der Waals surface area contributed by atoms with Crippen molar-refractivity contribution in [2.75, 3.05) is 0 Å². The third-order valence-corrected chi connectivity index (χ3v) is 0.935. The topological polar surface area (TPSA) is 102 Å². The summed E-state index contributed by atoms with van der Waals surface area (Å²) in [5, 5.41) is 0. The van der Waals surface area contributed by atoms with Crippen LogP contribution in [-0.4, -0.2) is 15.9 Å². The zero-order valence-corrected chi connectivity index (χ0v) is 16.1. The Bertz CT molecular complexity index is 169. The normalized spacial score (nSPS) is 4.87. The van der Waals surface area contributed by atoms with Gasteiger partial charge in [-0.3, -0.25) is 4.98 Å². The monoisotopic (exact) mass is 544 g/mol. The molecule has 0 fully saturated rings. The smallest absolute Gasteiger partial charge is 0.0539 e. The van der Waals surface area contributed by atoms with Crippen LogP contribution in [0.4, 0.5) is 0 Å². The maximum Gasteiger partial charge on any atom is 0.0539 e. The summed E-state index contributed by atoms with van der Waals surface area (Å²) < 4.78 is 0. The van der Waals surface area contributed by atoms with E-state index in [1.54, 1.807) is 6.20 Å². The van der Waals surface area contributed by atoms with Gasteiger partial charge < -0.3 is 16.7 Å². The molecule has 0 saturated heterocycles. The zero-order chi connectivity index (χ0) is 5.82. The van der Waals surface area contributed by atoms with Crippen LogP contribution >= 0.6 is 84.9 Å². The van der Waals surface area contributed by atoms with Crippen LogP contribution in [0.25, 0.3) is 0 Å². The maximum atomic E-state index is 5.29. The van der Waals surface area contributed by atoms with E-state index >= 15 is 0 Å². The summed E-state index contributed by atoms with van der Waals surface area (Å²) in [6.45, 7) is 0.529. The van der Waals surface area contributed by atoms with Crippen molar-refractivity contribution < 1.29 is 11.0 Å². The van der Waals surface area contributed by atoms with Gasteiger partial charge in [-0.25, -0.2) is 0 Å². The lowest BCUT2D eigenvalue weighted by atomic mass is 10.4. The minimum Gasteiger partial charge on any atom is -0.412 e. The predicted octanol–water partition coefficient (Wildman–Crippen LogP) is 1.78. The van der Waals surface area contributed by atoms with E-state index < -0.39 is 0 Å². The lowest BCUT2D eigenvalue weighted by molar-refractivity contribution is 0.823. The molecule has 0 aliphatic heterocycles. The average molecular weight is 549 g/mol. The first-order chi connectivity index (χ1) is 3.93. The van der Waals surface area contributed by atoms with Crippen molar-refractivity contribution in [3.05, 3.63) is 30.1 Å². The second-order valence-electron chi connectivity index (χ2n) is 1.53. The SMILES string of the molecule is Br.Br.Br.Br.Br.NCc1ccccn1.O.O. The molecule has 6 N–H and O–H groups in total. The van der Waals surface area contributed by atoms with Crippen molar-refractivity contribution in [2.24, 2.45) is 5.73 Å². The van der Waals surface area contributed by atoms with Crippen LogP contribution in [-0.2, 0) is 6.54 Å².